The molecule has 1 heterocycles. The van der Waals surface area contributed by atoms with Gasteiger partial charge in [0.05, 0.1) is 0 Å². The highest BCUT2D eigenvalue weighted by atomic mass is 79.9. The lowest BCUT2D eigenvalue weighted by molar-refractivity contribution is 0.278. The molecule has 3 heteroatoms. The van der Waals surface area contributed by atoms with E-state index in [9.17, 15) is 0 Å². The van der Waals surface area contributed by atoms with Gasteiger partial charge < -0.3 is 10.2 Å². The summed E-state index contributed by atoms with van der Waals surface area (Å²) < 4.78 is 1.15. The van der Waals surface area contributed by atoms with Crippen LogP contribution in [0.5, 0.6) is 0 Å². The zero-order valence-electron chi connectivity index (χ0n) is 12.6. The van der Waals surface area contributed by atoms with Crippen LogP contribution in [0.15, 0.2) is 28.7 Å². The third-order valence-corrected chi connectivity index (χ3v) is 4.73. The van der Waals surface area contributed by atoms with E-state index in [1.54, 1.807) is 0 Å². The molecule has 0 radical (unpaired) electrons. The maximum Gasteiger partial charge on any atom is 0.0318 e. The van der Waals surface area contributed by atoms with Crippen LogP contribution in [-0.2, 0) is 0 Å². The van der Waals surface area contributed by atoms with Crippen molar-refractivity contribution in [1.29, 1.82) is 0 Å². The maximum absolute atomic E-state index is 3.72. The number of nitrogens with zero attached hydrogens (tertiary/aromatic N) is 1. The third kappa shape index (κ3) is 5.19. The van der Waals surface area contributed by atoms with Crippen molar-refractivity contribution in [3.8, 4) is 0 Å². The molecule has 1 saturated heterocycles. The van der Waals surface area contributed by atoms with Crippen molar-refractivity contribution in [2.24, 2.45) is 0 Å². The van der Waals surface area contributed by atoms with Gasteiger partial charge >= 0.3 is 0 Å². The molecule has 1 aromatic rings. The average molecular weight is 339 g/mol. The van der Waals surface area contributed by atoms with Gasteiger partial charge in [-0.2, -0.15) is 0 Å². The van der Waals surface area contributed by atoms with Crippen molar-refractivity contribution < 1.29 is 0 Å². The van der Waals surface area contributed by atoms with Crippen LogP contribution in [-0.4, -0.2) is 31.1 Å². The summed E-state index contributed by atoms with van der Waals surface area (Å²) in [5, 5.41) is 3.72. The summed E-state index contributed by atoms with van der Waals surface area (Å²) in [5.41, 5.74) is 1.39. The summed E-state index contributed by atoms with van der Waals surface area (Å²) in [6.45, 7) is 7.11. The minimum absolute atomic E-state index is 0.482. The molecule has 112 valence electrons. The lowest BCUT2D eigenvalue weighted by atomic mass is 10.0. The Hall–Kier alpha value is -0.380. The Labute approximate surface area is 132 Å². The summed E-state index contributed by atoms with van der Waals surface area (Å²) in [5.74, 6) is 0. The molecule has 0 bridgehead atoms. The normalized spacial score (nSPS) is 18.7. The number of nitrogens with one attached hydrogen (secondary N) is 1. The zero-order chi connectivity index (χ0) is 14.2. The first-order chi connectivity index (χ1) is 9.79. The zero-order valence-corrected chi connectivity index (χ0v) is 14.2. The van der Waals surface area contributed by atoms with Crippen LogP contribution in [0, 0.1) is 0 Å². The van der Waals surface area contributed by atoms with Crippen molar-refractivity contribution >= 4 is 15.9 Å². The molecule has 1 unspecified atom stereocenters. The van der Waals surface area contributed by atoms with Crippen LogP contribution in [0.25, 0.3) is 0 Å². The first-order valence-corrected chi connectivity index (χ1v) is 8.80. The largest absolute Gasteiger partial charge is 0.309 e. The van der Waals surface area contributed by atoms with E-state index in [2.05, 4.69) is 57.3 Å². The average Bonchev–Trinajstić information content (AvgIpc) is 2.74. The standard InChI is InChI=1S/C17H27BrN2/c1-2-17(15-7-9-16(18)10-8-15)19-11-14-20-12-5-3-4-6-13-20/h7-10,17,19H,2-6,11-14H2,1H3. The van der Waals surface area contributed by atoms with E-state index >= 15 is 0 Å². The second kappa shape index (κ2) is 8.81. The molecule has 0 amide bonds. The number of hydrogen-bond donors (Lipinski definition) is 1. The van der Waals surface area contributed by atoms with Gasteiger partial charge in [0, 0.05) is 23.6 Å². The summed E-state index contributed by atoms with van der Waals surface area (Å²) in [7, 11) is 0. The number of likely N-dealkylation sites (tertiary alicyclic amines) is 1. The molecule has 2 rings (SSSR count). The number of hydrogen-bond acceptors (Lipinski definition) is 2. The molecule has 1 aromatic carbocycles. The molecule has 0 aromatic heterocycles. The molecular formula is C17H27BrN2. The first-order valence-electron chi connectivity index (χ1n) is 8.01. The van der Waals surface area contributed by atoms with Crippen molar-refractivity contribution in [2.75, 3.05) is 26.2 Å². The van der Waals surface area contributed by atoms with Gasteiger partial charge in [0.15, 0.2) is 0 Å². The van der Waals surface area contributed by atoms with Crippen LogP contribution in [0.2, 0.25) is 0 Å². The van der Waals surface area contributed by atoms with E-state index in [1.807, 2.05) is 0 Å². The van der Waals surface area contributed by atoms with E-state index in [4.69, 9.17) is 0 Å². The molecule has 1 aliphatic heterocycles. The number of halogens is 1. The highest BCUT2D eigenvalue weighted by Gasteiger charge is 2.11. The van der Waals surface area contributed by atoms with Crippen LogP contribution in [0.3, 0.4) is 0 Å². The minimum Gasteiger partial charge on any atom is -0.309 e. The van der Waals surface area contributed by atoms with E-state index in [0.717, 1.165) is 17.4 Å². The van der Waals surface area contributed by atoms with E-state index in [1.165, 1.54) is 50.9 Å². The molecule has 1 atom stereocenters. The summed E-state index contributed by atoms with van der Waals surface area (Å²) >= 11 is 3.50. The maximum atomic E-state index is 3.72. The Morgan fingerprint density at radius 2 is 1.75 bits per heavy atom. The van der Waals surface area contributed by atoms with Gasteiger partial charge in [-0.15, -0.1) is 0 Å². The van der Waals surface area contributed by atoms with Gasteiger partial charge in [-0.05, 0) is 50.0 Å². The summed E-state index contributed by atoms with van der Waals surface area (Å²) in [6, 6.07) is 9.19. The number of rotatable bonds is 6. The van der Waals surface area contributed by atoms with E-state index in [0.29, 0.717) is 6.04 Å². The highest BCUT2D eigenvalue weighted by molar-refractivity contribution is 9.10. The van der Waals surface area contributed by atoms with Gasteiger partial charge in [-0.3, -0.25) is 0 Å². The van der Waals surface area contributed by atoms with Gasteiger partial charge in [0.1, 0.15) is 0 Å². The quantitative estimate of drug-likeness (QED) is 0.828. The summed E-state index contributed by atoms with van der Waals surface area (Å²) in [6.07, 6.45) is 6.73. The van der Waals surface area contributed by atoms with Crippen LogP contribution >= 0.6 is 15.9 Å². The fourth-order valence-electron chi connectivity index (χ4n) is 2.95. The molecular weight excluding hydrogens is 312 g/mol. The predicted octanol–water partition coefficient (Wildman–Crippen LogP) is 4.37. The molecule has 1 N–H and O–H groups in total. The Kier molecular flexibility index (Phi) is 7.05. The van der Waals surface area contributed by atoms with Gasteiger partial charge in [0.25, 0.3) is 0 Å². The van der Waals surface area contributed by atoms with E-state index in [-0.39, 0.29) is 0 Å². The molecule has 0 aliphatic carbocycles. The lowest BCUT2D eigenvalue weighted by Gasteiger charge is -2.23. The minimum atomic E-state index is 0.482. The van der Waals surface area contributed by atoms with Crippen molar-refractivity contribution in [1.82, 2.24) is 10.2 Å². The Balaban J connectivity index is 1.77. The fourth-order valence-corrected chi connectivity index (χ4v) is 3.21. The van der Waals surface area contributed by atoms with Crippen molar-refractivity contribution in [3.63, 3.8) is 0 Å². The smallest absolute Gasteiger partial charge is 0.0318 e. The monoisotopic (exact) mass is 338 g/mol. The SMILES string of the molecule is CCC(NCCN1CCCCCC1)c1ccc(Br)cc1. The Morgan fingerprint density at radius 1 is 1.10 bits per heavy atom. The van der Waals surface area contributed by atoms with E-state index < -0.39 is 0 Å². The molecule has 1 aliphatic rings. The van der Waals surface area contributed by atoms with Crippen molar-refractivity contribution in [3.05, 3.63) is 34.3 Å². The van der Waals surface area contributed by atoms with Gasteiger partial charge in [-0.25, -0.2) is 0 Å². The highest BCUT2D eigenvalue weighted by Crippen LogP contribution is 2.19. The fraction of sp³-hybridized carbons (Fsp3) is 0.647. The second-order valence-corrected chi connectivity index (χ2v) is 6.64. The third-order valence-electron chi connectivity index (χ3n) is 4.20. The first kappa shape index (κ1) is 16.0. The topological polar surface area (TPSA) is 15.3 Å². The Bertz CT molecular complexity index is 369. The molecule has 0 spiro atoms. The Morgan fingerprint density at radius 3 is 2.35 bits per heavy atom. The molecule has 2 nitrogen and oxygen atoms in total. The van der Waals surface area contributed by atoms with Crippen molar-refractivity contribution in [2.45, 2.75) is 45.1 Å². The second-order valence-electron chi connectivity index (χ2n) is 5.72. The van der Waals surface area contributed by atoms with Gasteiger partial charge in [0.2, 0.25) is 0 Å². The molecule has 1 fully saturated rings. The molecule has 20 heavy (non-hydrogen) atoms. The predicted molar refractivity (Wildman–Crippen MR) is 90.1 cm³/mol. The number of benzene rings is 1. The summed E-state index contributed by atoms with van der Waals surface area (Å²) in [4.78, 5) is 2.62. The van der Waals surface area contributed by atoms with Crippen LogP contribution < -0.4 is 5.32 Å². The van der Waals surface area contributed by atoms with Gasteiger partial charge in [-0.1, -0.05) is 47.8 Å². The molecule has 0 saturated carbocycles. The van der Waals surface area contributed by atoms with Crippen LogP contribution in [0.4, 0.5) is 0 Å². The van der Waals surface area contributed by atoms with Crippen LogP contribution in [0.1, 0.15) is 50.6 Å². The lowest BCUT2D eigenvalue weighted by Crippen LogP contribution is -2.34.